The molecule has 0 atom stereocenters. The molecular formula is C12H16BrNO. The summed E-state index contributed by atoms with van der Waals surface area (Å²) in [6, 6.07) is 5.93. The average Bonchev–Trinajstić information content (AvgIpc) is 2.17. The summed E-state index contributed by atoms with van der Waals surface area (Å²) in [6.45, 7) is 4.68. The van der Waals surface area contributed by atoms with Gasteiger partial charge in [-0.25, -0.2) is 0 Å². The van der Waals surface area contributed by atoms with Gasteiger partial charge in [-0.2, -0.15) is 0 Å². The molecule has 0 N–H and O–H groups in total. The molecule has 82 valence electrons. The zero-order chi connectivity index (χ0) is 11.4. The molecule has 0 saturated carbocycles. The summed E-state index contributed by atoms with van der Waals surface area (Å²) in [4.78, 5) is 13.8. The van der Waals surface area contributed by atoms with Crippen molar-refractivity contribution in [2.24, 2.45) is 0 Å². The molecule has 1 aromatic carbocycles. The third kappa shape index (κ3) is 2.81. The summed E-state index contributed by atoms with van der Waals surface area (Å²) >= 11 is 3.33. The quantitative estimate of drug-likeness (QED) is 0.773. The molecule has 0 radical (unpaired) electrons. The average molecular weight is 270 g/mol. The minimum absolute atomic E-state index is 0.102. The highest BCUT2D eigenvalue weighted by Crippen LogP contribution is 2.15. The predicted molar refractivity (Wildman–Crippen MR) is 66.7 cm³/mol. The predicted octanol–water partition coefficient (Wildman–Crippen LogP) is 2.77. The Morgan fingerprint density at radius 3 is 2.33 bits per heavy atom. The van der Waals surface area contributed by atoms with Crippen LogP contribution in [0.5, 0.6) is 0 Å². The summed E-state index contributed by atoms with van der Waals surface area (Å²) in [5, 5.41) is 0.806. The molecule has 15 heavy (non-hydrogen) atoms. The summed E-state index contributed by atoms with van der Waals surface area (Å²) in [5.74, 6) is 0.102. The van der Waals surface area contributed by atoms with Crippen molar-refractivity contribution in [2.45, 2.75) is 13.8 Å². The molecule has 0 aliphatic carbocycles. The van der Waals surface area contributed by atoms with E-state index in [4.69, 9.17) is 0 Å². The lowest BCUT2D eigenvalue weighted by Crippen LogP contribution is -2.29. The molecule has 1 amide bonds. The van der Waals surface area contributed by atoms with E-state index in [2.05, 4.69) is 15.9 Å². The van der Waals surface area contributed by atoms with E-state index in [0.717, 1.165) is 28.6 Å². The van der Waals surface area contributed by atoms with Crippen LogP contribution in [0, 0.1) is 13.8 Å². The highest BCUT2D eigenvalue weighted by atomic mass is 79.9. The van der Waals surface area contributed by atoms with Crippen molar-refractivity contribution in [3.63, 3.8) is 0 Å². The molecule has 0 aliphatic heterocycles. The molecule has 0 aromatic heterocycles. The maximum absolute atomic E-state index is 12.1. The Bertz CT molecular complexity index is 342. The van der Waals surface area contributed by atoms with Crippen molar-refractivity contribution in [1.29, 1.82) is 0 Å². The van der Waals surface area contributed by atoms with Crippen molar-refractivity contribution in [2.75, 3.05) is 18.9 Å². The third-order valence-corrected chi connectivity index (χ3v) is 2.82. The Morgan fingerprint density at radius 1 is 1.33 bits per heavy atom. The first kappa shape index (κ1) is 12.2. The van der Waals surface area contributed by atoms with E-state index in [1.54, 1.807) is 4.90 Å². The van der Waals surface area contributed by atoms with E-state index < -0.39 is 0 Å². The number of benzene rings is 1. The lowest BCUT2D eigenvalue weighted by Gasteiger charge is -2.18. The Kier molecular flexibility index (Phi) is 4.33. The van der Waals surface area contributed by atoms with Crippen LogP contribution in [0.25, 0.3) is 0 Å². The van der Waals surface area contributed by atoms with E-state index in [1.165, 1.54) is 0 Å². The zero-order valence-corrected chi connectivity index (χ0v) is 11.0. The maximum atomic E-state index is 12.1. The van der Waals surface area contributed by atoms with Gasteiger partial charge in [0, 0.05) is 24.5 Å². The van der Waals surface area contributed by atoms with Crippen LogP contribution in [0.1, 0.15) is 21.5 Å². The van der Waals surface area contributed by atoms with Gasteiger partial charge < -0.3 is 4.90 Å². The standard InChI is InChI=1S/C12H16BrNO/c1-9-5-4-6-10(2)11(9)12(15)14(3)8-7-13/h4-6H,7-8H2,1-3H3. The van der Waals surface area contributed by atoms with Gasteiger partial charge in [-0.1, -0.05) is 34.1 Å². The van der Waals surface area contributed by atoms with E-state index in [9.17, 15) is 4.79 Å². The lowest BCUT2D eigenvalue weighted by atomic mass is 10.0. The van der Waals surface area contributed by atoms with Gasteiger partial charge in [0.2, 0.25) is 0 Å². The summed E-state index contributed by atoms with van der Waals surface area (Å²) in [6.07, 6.45) is 0. The Balaban J connectivity index is 3.00. The second-order valence-corrected chi connectivity index (χ2v) is 4.48. The molecule has 3 heteroatoms. The van der Waals surface area contributed by atoms with Gasteiger partial charge in [0.05, 0.1) is 0 Å². The third-order valence-electron chi connectivity index (χ3n) is 2.46. The number of alkyl halides is 1. The van der Waals surface area contributed by atoms with Crippen molar-refractivity contribution in [3.8, 4) is 0 Å². The topological polar surface area (TPSA) is 20.3 Å². The lowest BCUT2D eigenvalue weighted by molar-refractivity contribution is 0.0802. The van der Waals surface area contributed by atoms with Gasteiger partial charge in [0.15, 0.2) is 0 Å². The van der Waals surface area contributed by atoms with Gasteiger partial charge in [0.25, 0.3) is 5.91 Å². The molecule has 0 bridgehead atoms. The number of aryl methyl sites for hydroxylation is 2. The van der Waals surface area contributed by atoms with Crippen molar-refractivity contribution < 1.29 is 4.79 Å². The molecule has 0 unspecified atom stereocenters. The number of halogens is 1. The molecular weight excluding hydrogens is 254 g/mol. The number of carbonyl (C=O) groups excluding carboxylic acids is 1. The van der Waals surface area contributed by atoms with Crippen LogP contribution in [-0.4, -0.2) is 29.7 Å². The second kappa shape index (κ2) is 5.31. The first-order chi connectivity index (χ1) is 7.07. The number of carbonyl (C=O) groups is 1. The molecule has 2 nitrogen and oxygen atoms in total. The molecule has 0 heterocycles. The van der Waals surface area contributed by atoms with E-state index >= 15 is 0 Å². The fourth-order valence-corrected chi connectivity index (χ4v) is 2.10. The first-order valence-electron chi connectivity index (χ1n) is 4.95. The van der Waals surface area contributed by atoms with E-state index in [1.807, 2.05) is 39.1 Å². The fraction of sp³-hybridized carbons (Fsp3) is 0.417. The SMILES string of the molecule is Cc1cccc(C)c1C(=O)N(C)CCBr. The first-order valence-corrected chi connectivity index (χ1v) is 6.07. The van der Waals surface area contributed by atoms with Crippen LogP contribution in [0.4, 0.5) is 0 Å². The van der Waals surface area contributed by atoms with E-state index in [0.29, 0.717) is 0 Å². The molecule has 0 fully saturated rings. The van der Waals surface area contributed by atoms with Crippen LogP contribution >= 0.6 is 15.9 Å². The smallest absolute Gasteiger partial charge is 0.254 e. The van der Waals surface area contributed by atoms with E-state index in [-0.39, 0.29) is 5.91 Å². The van der Waals surface area contributed by atoms with Gasteiger partial charge in [-0.15, -0.1) is 0 Å². The minimum atomic E-state index is 0.102. The Hall–Kier alpha value is -0.830. The van der Waals surface area contributed by atoms with Crippen molar-refractivity contribution >= 4 is 21.8 Å². The minimum Gasteiger partial charge on any atom is -0.341 e. The molecule has 1 aromatic rings. The fourth-order valence-electron chi connectivity index (χ4n) is 1.57. The Labute approximate surface area is 99.4 Å². The number of hydrogen-bond donors (Lipinski definition) is 0. The highest BCUT2D eigenvalue weighted by Gasteiger charge is 2.15. The van der Waals surface area contributed by atoms with Crippen LogP contribution in [0.15, 0.2) is 18.2 Å². The summed E-state index contributed by atoms with van der Waals surface area (Å²) in [5.41, 5.74) is 2.92. The monoisotopic (exact) mass is 269 g/mol. The van der Waals surface area contributed by atoms with Gasteiger partial charge in [0.1, 0.15) is 0 Å². The van der Waals surface area contributed by atoms with Crippen LogP contribution in [-0.2, 0) is 0 Å². The largest absolute Gasteiger partial charge is 0.341 e. The number of nitrogens with zero attached hydrogens (tertiary/aromatic N) is 1. The number of hydrogen-bond acceptors (Lipinski definition) is 1. The summed E-state index contributed by atoms with van der Waals surface area (Å²) in [7, 11) is 1.83. The van der Waals surface area contributed by atoms with Gasteiger partial charge >= 0.3 is 0 Å². The molecule has 1 rings (SSSR count). The van der Waals surface area contributed by atoms with Crippen LogP contribution < -0.4 is 0 Å². The molecule has 0 saturated heterocycles. The van der Waals surface area contributed by atoms with Gasteiger partial charge in [-0.05, 0) is 25.0 Å². The maximum Gasteiger partial charge on any atom is 0.254 e. The van der Waals surface area contributed by atoms with Crippen LogP contribution in [0.3, 0.4) is 0 Å². The van der Waals surface area contributed by atoms with Crippen molar-refractivity contribution in [3.05, 3.63) is 34.9 Å². The number of amides is 1. The Morgan fingerprint density at radius 2 is 1.87 bits per heavy atom. The second-order valence-electron chi connectivity index (χ2n) is 3.68. The van der Waals surface area contributed by atoms with Gasteiger partial charge in [-0.3, -0.25) is 4.79 Å². The molecule has 0 spiro atoms. The van der Waals surface area contributed by atoms with Crippen molar-refractivity contribution in [1.82, 2.24) is 4.90 Å². The number of rotatable bonds is 3. The molecule has 0 aliphatic rings. The zero-order valence-electron chi connectivity index (χ0n) is 9.38. The van der Waals surface area contributed by atoms with Crippen LogP contribution in [0.2, 0.25) is 0 Å². The normalized spacial score (nSPS) is 10.1. The summed E-state index contributed by atoms with van der Waals surface area (Å²) < 4.78 is 0. The highest BCUT2D eigenvalue weighted by molar-refractivity contribution is 9.09.